The summed E-state index contributed by atoms with van der Waals surface area (Å²) in [5, 5.41) is 14.9. The van der Waals surface area contributed by atoms with Crippen molar-refractivity contribution >= 4 is 0 Å². The van der Waals surface area contributed by atoms with E-state index < -0.39 is 5.60 Å². The molecule has 1 N–H and O–H groups in total. The maximum atomic E-state index is 10.6. The Morgan fingerprint density at radius 1 is 1.47 bits per heavy atom. The third-order valence-corrected chi connectivity index (χ3v) is 3.52. The molecule has 0 aromatic carbocycles. The molecule has 2 fully saturated rings. The van der Waals surface area contributed by atoms with Gasteiger partial charge in [-0.3, -0.25) is 4.68 Å². The molecular formula is C11H16N2O2. The molecule has 1 aromatic heterocycles. The molecule has 2 aliphatic heterocycles. The summed E-state index contributed by atoms with van der Waals surface area (Å²) in [7, 11) is 1.88. The first-order valence-electron chi connectivity index (χ1n) is 5.54. The lowest BCUT2D eigenvalue weighted by Gasteiger charge is -2.35. The summed E-state index contributed by atoms with van der Waals surface area (Å²) in [4.78, 5) is 0. The molecule has 3 heterocycles. The second-order valence-corrected chi connectivity index (χ2v) is 4.77. The van der Waals surface area contributed by atoms with Gasteiger partial charge < -0.3 is 9.84 Å². The number of rotatable bonds is 1. The predicted octanol–water partition coefficient (Wildman–Crippen LogP) is 0.949. The van der Waals surface area contributed by atoms with Crippen molar-refractivity contribution in [3.05, 3.63) is 18.0 Å². The van der Waals surface area contributed by atoms with Gasteiger partial charge in [-0.1, -0.05) is 0 Å². The molecule has 4 heteroatoms. The highest BCUT2D eigenvalue weighted by Crippen LogP contribution is 2.43. The number of nitrogens with zero attached hydrogens (tertiary/aromatic N) is 2. The first-order valence-corrected chi connectivity index (χ1v) is 5.54. The van der Waals surface area contributed by atoms with Crippen LogP contribution >= 0.6 is 0 Å². The second kappa shape index (κ2) is 3.06. The zero-order valence-electron chi connectivity index (χ0n) is 8.89. The number of ether oxygens (including phenoxy) is 1. The first kappa shape index (κ1) is 9.36. The SMILES string of the molecule is Cn1ccc(C2(O)CC3CCC(C2)O3)n1. The predicted molar refractivity (Wildman–Crippen MR) is 54.2 cm³/mol. The Morgan fingerprint density at radius 2 is 2.13 bits per heavy atom. The topological polar surface area (TPSA) is 47.3 Å². The van der Waals surface area contributed by atoms with Crippen LogP contribution in [0.25, 0.3) is 0 Å². The average molecular weight is 208 g/mol. The van der Waals surface area contributed by atoms with Gasteiger partial charge in [0, 0.05) is 26.1 Å². The van der Waals surface area contributed by atoms with E-state index in [1.165, 1.54) is 0 Å². The van der Waals surface area contributed by atoms with Crippen molar-refractivity contribution in [2.75, 3.05) is 0 Å². The monoisotopic (exact) mass is 208 g/mol. The fourth-order valence-corrected chi connectivity index (χ4v) is 2.79. The van der Waals surface area contributed by atoms with Gasteiger partial charge in [0.25, 0.3) is 0 Å². The first-order chi connectivity index (χ1) is 7.16. The zero-order valence-corrected chi connectivity index (χ0v) is 8.89. The lowest BCUT2D eigenvalue weighted by Crippen LogP contribution is -2.39. The molecular weight excluding hydrogens is 192 g/mol. The number of hydrogen-bond acceptors (Lipinski definition) is 3. The summed E-state index contributed by atoms with van der Waals surface area (Å²) in [6.07, 6.45) is 5.90. The quantitative estimate of drug-likeness (QED) is 0.747. The molecule has 82 valence electrons. The number of fused-ring (bicyclic) bond motifs is 2. The number of aryl methyl sites for hydroxylation is 1. The summed E-state index contributed by atoms with van der Waals surface area (Å²) >= 11 is 0. The van der Waals surface area contributed by atoms with Gasteiger partial charge in [-0.2, -0.15) is 5.10 Å². The van der Waals surface area contributed by atoms with Gasteiger partial charge in [0.2, 0.25) is 0 Å². The van der Waals surface area contributed by atoms with Crippen molar-refractivity contribution in [1.82, 2.24) is 9.78 Å². The molecule has 0 amide bonds. The van der Waals surface area contributed by atoms with E-state index in [9.17, 15) is 5.11 Å². The van der Waals surface area contributed by atoms with Crippen molar-refractivity contribution in [2.45, 2.75) is 43.5 Å². The maximum absolute atomic E-state index is 10.6. The molecule has 2 atom stereocenters. The molecule has 0 aliphatic carbocycles. The van der Waals surface area contributed by atoms with Gasteiger partial charge in [-0.15, -0.1) is 0 Å². The third-order valence-electron chi connectivity index (χ3n) is 3.52. The van der Waals surface area contributed by atoms with Crippen molar-refractivity contribution in [3.8, 4) is 0 Å². The van der Waals surface area contributed by atoms with E-state index in [0.29, 0.717) is 12.8 Å². The highest BCUT2D eigenvalue weighted by atomic mass is 16.5. The van der Waals surface area contributed by atoms with E-state index in [1.807, 2.05) is 19.3 Å². The van der Waals surface area contributed by atoms with Gasteiger partial charge in [-0.25, -0.2) is 0 Å². The van der Waals surface area contributed by atoms with Crippen LogP contribution in [-0.2, 0) is 17.4 Å². The summed E-state index contributed by atoms with van der Waals surface area (Å²) in [5.41, 5.74) is 0.0379. The fourth-order valence-electron chi connectivity index (χ4n) is 2.79. The minimum atomic E-state index is -0.759. The summed E-state index contributed by atoms with van der Waals surface area (Å²) in [6.45, 7) is 0. The Hall–Kier alpha value is -0.870. The minimum Gasteiger partial charge on any atom is -0.383 e. The molecule has 2 bridgehead atoms. The van der Waals surface area contributed by atoms with Crippen molar-refractivity contribution in [3.63, 3.8) is 0 Å². The standard InChI is InChI=1S/C11H16N2O2/c1-13-5-4-10(12-13)11(14)6-8-2-3-9(7-11)15-8/h4-5,8-9,14H,2-3,6-7H2,1H3. The fraction of sp³-hybridized carbons (Fsp3) is 0.727. The molecule has 2 aliphatic rings. The van der Waals surface area contributed by atoms with Gasteiger partial charge in [0.05, 0.1) is 17.9 Å². The molecule has 0 saturated carbocycles. The Morgan fingerprint density at radius 3 is 2.67 bits per heavy atom. The number of aromatic nitrogens is 2. The van der Waals surface area contributed by atoms with E-state index in [1.54, 1.807) is 4.68 Å². The smallest absolute Gasteiger partial charge is 0.113 e. The van der Waals surface area contributed by atoms with Crippen molar-refractivity contribution in [1.29, 1.82) is 0 Å². The maximum Gasteiger partial charge on any atom is 0.113 e. The van der Waals surface area contributed by atoms with Crippen LogP contribution in [0.4, 0.5) is 0 Å². The summed E-state index contributed by atoms with van der Waals surface area (Å²) < 4.78 is 7.47. The molecule has 3 rings (SSSR count). The van der Waals surface area contributed by atoms with Crippen LogP contribution in [0.1, 0.15) is 31.4 Å². The van der Waals surface area contributed by atoms with Gasteiger partial charge >= 0.3 is 0 Å². The Kier molecular flexibility index (Phi) is 1.91. The van der Waals surface area contributed by atoms with Crippen LogP contribution in [0.2, 0.25) is 0 Å². The average Bonchev–Trinajstić information content (AvgIpc) is 2.74. The number of hydrogen-bond donors (Lipinski definition) is 1. The second-order valence-electron chi connectivity index (χ2n) is 4.77. The van der Waals surface area contributed by atoms with Crippen LogP contribution in [0.3, 0.4) is 0 Å². The van der Waals surface area contributed by atoms with E-state index in [0.717, 1.165) is 18.5 Å². The molecule has 2 unspecified atom stereocenters. The molecule has 15 heavy (non-hydrogen) atoms. The normalized spacial score (nSPS) is 39.6. The molecule has 2 saturated heterocycles. The summed E-state index contributed by atoms with van der Waals surface area (Å²) in [5.74, 6) is 0. The van der Waals surface area contributed by atoms with Crippen molar-refractivity contribution in [2.24, 2.45) is 7.05 Å². The Balaban J connectivity index is 1.90. The minimum absolute atomic E-state index is 0.232. The Bertz CT molecular complexity index is 362. The zero-order chi connectivity index (χ0) is 10.5. The highest BCUT2D eigenvalue weighted by molar-refractivity contribution is 5.14. The van der Waals surface area contributed by atoms with Crippen LogP contribution in [0.5, 0.6) is 0 Å². The summed E-state index contributed by atoms with van der Waals surface area (Å²) in [6, 6.07) is 1.91. The van der Waals surface area contributed by atoms with Crippen LogP contribution < -0.4 is 0 Å². The molecule has 0 radical (unpaired) electrons. The van der Waals surface area contributed by atoms with Crippen LogP contribution in [-0.4, -0.2) is 27.1 Å². The third kappa shape index (κ3) is 1.48. The van der Waals surface area contributed by atoms with Crippen LogP contribution in [0, 0.1) is 0 Å². The van der Waals surface area contributed by atoms with E-state index >= 15 is 0 Å². The van der Waals surface area contributed by atoms with Gasteiger partial charge in [0.15, 0.2) is 0 Å². The van der Waals surface area contributed by atoms with Crippen LogP contribution in [0.15, 0.2) is 12.3 Å². The highest BCUT2D eigenvalue weighted by Gasteiger charge is 2.45. The van der Waals surface area contributed by atoms with Gasteiger partial charge in [-0.05, 0) is 18.9 Å². The van der Waals surface area contributed by atoms with E-state index in [2.05, 4.69) is 5.10 Å². The largest absolute Gasteiger partial charge is 0.383 e. The van der Waals surface area contributed by atoms with E-state index in [4.69, 9.17) is 4.74 Å². The van der Waals surface area contributed by atoms with E-state index in [-0.39, 0.29) is 12.2 Å². The van der Waals surface area contributed by atoms with Gasteiger partial charge in [0.1, 0.15) is 5.60 Å². The van der Waals surface area contributed by atoms with Crippen molar-refractivity contribution < 1.29 is 9.84 Å². The number of aliphatic hydroxyl groups is 1. The molecule has 1 aromatic rings. The lowest BCUT2D eigenvalue weighted by molar-refractivity contribution is -0.117. The molecule has 0 spiro atoms. The molecule has 4 nitrogen and oxygen atoms in total. The lowest BCUT2D eigenvalue weighted by atomic mass is 9.87. The Labute approximate surface area is 88.9 Å².